The van der Waals surface area contributed by atoms with Crippen molar-refractivity contribution < 1.29 is 8.78 Å². The predicted octanol–water partition coefficient (Wildman–Crippen LogP) is 3.06. The van der Waals surface area contributed by atoms with E-state index in [4.69, 9.17) is 0 Å². The molecule has 1 atom stereocenters. The Balaban J connectivity index is 1.93. The number of rotatable bonds is 6. The molecule has 0 aromatic heterocycles. The zero-order valence-corrected chi connectivity index (χ0v) is 14.4. The monoisotopic (exact) mass is 336 g/mol. The van der Waals surface area contributed by atoms with Crippen LogP contribution in [-0.2, 0) is 0 Å². The smallest absolute Gasteiger partial charge is 0.191 e. The lowest BCUT2D eigenvalue weighted by molar-refractivity contribution is 0.580. The maximum Gasteiger partial charge on any atom is 0.191 e. The van der Waals surface area contributed by atoms with Gasteiger partial charge in [0.05, 0.1) is 5.69 Å². The highest BCUT2D eigenvalue weighted by Crippen LogP contribution is 2.24. The van der Waals surface area contributed by atoms with Crippen molar-refractivity contribution in [3.63, 3.8) is 0 Å². The number of benzene rings is 1. The van der Waals surface area contributed by atoms with Gasteiger partial charge < -0.3 is 15.5 Å². The molecule has 2 N–H and O–H groups in total. The van der Waals surface area contributed by atoms with Crippen LogP contribution in [0.4, 0.5) is 14.5 Å². The first-order valence-corrected chi connectivity index (χ1v) is 8.50. The van der Waals surface area contributed by atoms with Crippen LogP contribution in [0.3, 0.4) is 0 Å². The van der Waals surface area contributed by atoms with Crippen LogP contribution < -0.4 is 15.5 Å². The first kappa shape index (κ1) is 18.2. The second-order valence-electron chi connectivity index (χ2n) is 5.79. The average Bonchev–Trinajstić information content (AvgIpc) is 3.00. The van der Waals surface area contributed by atoms with Gasteiger partial charge in [-0.25, -0.2) is 8.78 Å². The Labute approximate surface area is 142 Å². The molecule has 1 heterocycles. The van der Waals surface area contributed by atoms with Crippen molar-refractivity contribution >= 4 is 11.6 Å². The van der Waals surface area contributed by atoms with E-state index in [0.29, 0.717) is 12.2 Å². The number of aliphatic imine (C=N–C) groups is 1. The van der Waals surface area contributed by atoms with Gasteiger partial charge in [-0.05, 0) is 38.8 Å². The normalized spacial score (nSPS) is 18.4. The Kier molecular flexibility index (Phi) is 7.03. The number of halogens is 2. The van der Waals surface area contributed by atoms with Crippen LogP contribution in [0.2, 0.25) is 0 Å². The van der Waals surface area contributed by atoms with Crippen molar-refractivity contribution in [2.45, 2.75) is 32.7 Å². The minimum atomic E-state index is -0.548. The highest BCUT2D eigenvalue weighted by molar-refractivity contribution is 5.80. The van der Waals surface area contributed by atoms with Crippen LogP contribution in [0.1, 0.15) is 26.7 Å². The minimum Gasteiger partial charge on any atom is -0.367 e. The molecule has 0 radical (unpaired) electrons. The fraction of sp³-hybridized carbons (Fsp3) is 0.500. The highest BCUT2D eigenvalue weighted by atomic mass is 19.1. The van der Waals surface area contributed by atoms with Gasteiger partial charge in [0, 0.05) is 38.3 Å². The van der Waals surface area contributed by atoms with E-state index >= 15 is 0 Å². The van der Waals surface area contributed by atoms with Gasteiger partial charge in [-0.2, -0.15) is 0 Å². The summed E-state index contributed by atoms with van der Waals surface area (Å²) in [5.74, 6) is -0.274. The Morgan fingerprint density at radius 2 is 2.25 bits per heavy atom. The largest absolute Gasteiger partial charge is 0.367 e. The second-order valence-corrected chi connectivity index (χ2v) is 5.79. The molecule has 1 aliphatic heterocycles. The van der Waals surface area contributed by atoms with E-state index in [2.05, 4.69) is 21.7 Å². The number of nitrogens with zero attached hydrogens (tertiary/aromatic N) is 2. The number of allylic oxidation sites excluding steroid dienone is 1. The lowest BCUT2D eigenvalue weighted by Crippen LogP contribution is -2.44. The van der Waals surface area contributed by atoms with Crippen molar-refractivity contribution in [2.75, 3.05) is 31.1 Å². The van der Waals surface area contributed by atoms with Crippen molar-refractivity contribution in [1.29, 1.82) is 0 Å². The Morgan fingerprint density at radius 3 is 2.96 bits per heavy atom. The molecular formula is C18H26F2N4. The molecule has 1 aromatic carbocycles. The van der Waals surface area contributed by atoms with Crippen molar-refractivity contribution in [2.24, 2.45) is 4.99 Å². The van der Waals surface area contributed by atoms with E-state index in [1.807, 2.05) is 24.8 Å². The molecule has 1 aromatic rings. The summed E-state index contributed by atoms with van der Waals surface area (Å²) in [5.41, 5.74) is 0.454. The molecule has 0 aliphatic carbocycles. The van der Waals surface area contributed by atoms with E-state index in [1.165, 1.54) is 12.1 Å². The number of guanidine groups is 1. The van der Waals surface area contributed by atoms with Crippen molar-refractivity contribution in [3.8, 4) is 0 Å². The van der Waals surface area contributed by atoms with Gasteiger partial charge in [-0.15, -0.1) is 0 Å². The fourth-order valence-corrected chi connectivity index (χ4v) is 2.77. The summed E-state index contributed by atoms with van der Waals surface area (Å²) < 4.78 is 26.9. The van der Waals surface area contributed by atoms with Gasteiger partial charge in [-0.3, -0.25) is 4.99 Å². The highest BCUT2D eigenvalue weighted by Gasteiger charge is 2.25. The molecule has 0 bridgehead atoms. The molecule has 6 heteroatoms. The standard InChI is InChI=1S/C18H26F2N4/c1-3-5-6-10-22-18(21-4-2)23-15-9-11-24(13-15)17-8-7-14(19)12-16(17)20/h3,5,7-8,12,15H,4,6,9-11,13H2,1-2H3,(H2,21,22,23)/b5-3+. The Hall–Kier alpha value is -2.11. The van der Waals surface area contributed by atoms with Crippen molar-refractivity contribution in [3.05, 3.63) is 42.0 Å². The summed E-state index contributed by atoms with van der Waals surface area (Å²) in [6.45, 7) is 6.94. The first-order valence-electron chi connectivity index (χ1n) is 8.50. The summed E-state index contributed by atoms with van der Waals surface area (Å²) in [6.07, 6.45) is 5.89. The van der Waals surface area contributed by atoms with E-state index in [1.54, 1.807) is 0 Å². The number of anilines is 1. The van der Waals surface area contributed by atoms with E-state index < -0.39 is 11.6 Å². The molecule has 24 heavy (non-hydrogen) atoms. The molecule has 1 aliphatic rings. The van der Waals surface area contributed by atoms with Crippen LogP contribution >= 0.6 is 0 Å². The maximum atomic E-state index is 13.9. The minimum absolute atomic E-state index is 0.189. The van der Waals surface area contributed by atoms with Gasteiger partial charge in [-0.1, -0.05) is 12.2 Å². The van der Waals surface area contributed by atoms with Gasteiger partial charge in [0.15, 0.2) is 5.96 Å². The van der Waals surface area contributed by atoms with Gasteiger partial charge >= 0.3 is 0 Å². The summed E-state index contributed by atoms with van der Waals surface area (Å²) in [6, 6.07) is 3.92. The van der Waals surface area contributed by atoms with E-state index in [9.17, 15) is 8.78 Å². The third-order valence-electron chi connectivity index (χ3n) is 3.93. The Morgan fingerprint density at radius 1 is 1.42 bits per heavy atom. The average molecular weight is 336 g/mol. The van der Waals surface area contributed by atoms with Crippen LogP contribution in [-0.4, -0.2) is 38.2 Å². The quantitative estimate of drug-likeness (QED) is 0.363. The topological polar surface area (TPSA) is 39.7 Å². The summed E-state index contributed by atoms with van der Waals surface area (Å²) in [4.78, 5) is 6.48. The molecule has 2 rings (SSSR count). The van der Waals surface area contributed by atoms with Gasteiger partial charge in [0.25, 0.3) is 0 Å². The molecule has 1 fully saturated rings. The first-order chi connectivity index (χ1) is 11.6. The SMILES string of the molecule is C/C=C/CCN=C(NCC)NC1CCN(c2ccc(F)cc2F)C1. The molecule has 0 saturated carbocycles. The van der Waals surface area contributed by atoms with Crippen LogP contribution in [0, 0.1) is 11.6 Å². The summed E-state index contributed by atoms with van der Waals surface area (Å²) in [5, 5.41) is 6.63. The van der Waals surface area contributed by atoms with Crippen LogP contribution in [0.15, 0.2) is 35.3 Å². The van der Waals surface area contributed by atoms with Crippen LogP contribution in [0.5, 0.6) is 0 Å². The predicted molar refractivity (Wildman–Crippen MR) is 95.5 cm³/mol. The molecular weight excluding hydrogens is 310 g/mol. The Bertz CT molecular complexity index is 586. The zero-order chi connectivity index (χ0) is 17.4. The molecule has 1 unspecified atom stereocenters. The lowest BCUT2D eigenvalue weighted by atomic mass is 10.2. The van der Waals surface area contributed by atoms with Crippen LogP contribution in [0.25, 0.3) is 0 Å². The maximum absolute atomic E-state index is 13.9. The zero-order valence-electron chi connectivity index (χ0n) is 14.4. The second kappa shape index (κ2) is 9.25. The van der Waals surface area contributed by atoms with Crippen molar-refractivity contribution in [1.82, 2.24) is 10.6 Å². The number of hydrogen-bond acceptors (Lipinski definition) is 2. The van der Waals surface area contributed by atoms with E-state index in [0.717, 1.165) is 44.5 Å². The summed E-state index contributed by atoms with van der Waals surface area (Å²) in [7, 11) is 0. The molecule has 0 spiro atoms. The number of nitrogens with one attached hydrogen (secondary N) is 2. The van der Waals surface area contributed by atoms with Gasteiger partial charge in [0.1, 0.15) is 11.6 Å². The third kappa shape index (κ3) is 5.22. The molecule has 4 nitrogen and oxygen atoms in total. The molecule has 1 saturated heterocycles. The summed E-state index contributed by atoms with van der Waals surface area (Å²) >= 11 is 0. The fourth-order valence-electron chi connectivity index (χ4n) is 2.77. The molecule has 0 amide bonds. The van der Waals surface area contributed by atoms with Gasteiger partial charge in [0.2, 0.25) is 0 Å². The molecule has 132 valence electrons. The third-order valence-corrected chi connectivity index (χ3v) is 3.93. The van der Waals surface area contributed by atoms with E-state index in [-0.39, 0.29) is 6.04 Å². The lowest BCUT2D eigenvalue weighted by Gasteiger charge is -2.21. The number of hydrogen-bond donors (Lipinski definition) is 2.